The van der Waals surface area contributed by atoms with Crippen molar-refractivity contribution in [1.29, 1.82) is 0 Å². The number of nitrogens with zero attached hydrogens (tertiary/aromatic N) is 1. The van der Waals surface area contributed by atoms with Crippen LogP contribution in [0.2, 0.25) is 5.02 Å². The molecule has 0 aromatic heterocycles. The van der Waals surface area contributed by atoms with E-state index < -0.39 is 0 Å². The van der Waals surface area contributed by atoms with Crippen LogP contribution in [0.15, 0.2) is 18.2 Å². The largest absolute Gasteiger partial charge is 0.309 e. The molecule has 1 aliphatic rings. The Hall–Kier alpha value is -1.13. The second-order valence-corrected chi connectivity index (χ2v) is 6.63. The van der Waals surface area contributed by atoms with Gasteiger partial charge in [0.15, 0.2) is 0 Å². The topological polar surface area (TPSA) is 55.2 Å². The summed E-state index contributed by atoms with van der Waals surface area (Å²) in [7, 11) is 0. The highest BCUT2D eigenvalue weighted by Crippen LogP contribution is 2.35. The van der Waals surface area contributed by atoms with Gasteiger partial charge in [-0.1, -0.05) is 38.3 Å². The third-order valence-electron chi connectivity index (χ3n) is 4.29. The molecule has 1 saturated carbocycles. The molecule has 20 heavy (non-hydrogen) atoms. The Morgan fingerprint density at radius 2 is 2.20 bits per heavy atom. The smallest absolute Gasteiger partial charge is 0.275 e. The normalized spacial score (nSPS) is 21.6. The molecule has 1 unspecified atom stereocenters. The maximum Gasteiger partial charge on any atom is 0.275 e. The molecule has 4 nitrogen and oxygen atoms in total. The third-order valence-corrected chi connectivity index (χ3v) is 4.53. The van der Waals surface area contributed by atoms with Crippen LogP contribution >= 0.6 is 11.6 Å². The minimum absolute atomic E-state index is 0.0959. The number of hydrogen-bond acceptors (Lipinski definition) is 3. The van der Waals surface area contributed by atoms with Gasteiger partial charge in [-0.05, 0) is 30.4 Å². The Morgan fingerprint density at radius 3 is 2.85 bits per heavy atom. The molecule has 0 aliphatic heterocycles. The quantitative estimate of drug-likeness (QED) is 0.665. The Bertz CT molecular complexity index is 503. The maximum absolute atomic E-state index is 11.1. The SMILES string of the molecule is CC1(C)CCCCC1NCc1ccc(Cl)cc1[N+](=O)[O-]. The zero-order valence-electron chi connectivity index (χ0n) is 12.0. The maximum atomic E-state index is 11.1. The number of nitro groups is 1. The van der Waals surface area contributed by atoms with E-state index in [-0.39, 0.29) is 16.0 Å². The van der Waals surface area contributed by atoms with Crippen molar-refractivity contribution in [3.05, 3.63) is 38.9 Å². The van der Waals surface area contributed by atoms with E-state index in [1.54, 1.807) is 12.1 Å². The van der Waals surface area contributed by atoms with Crippen LogP contribution in [0.5, 0.6) is 0 Å². The van der Waals surface area contributed by atoms with Crippen LogP contribution in [0.4, 0.5) is 5.69 Å². The molecule has 0 saturated heterocycles. The monoisotopic (exact) mass is 296 g/mol. The van der Waals surface area contributed by atoms with E-state index in [0.717, 1.165) is 6.42 Å². The van der Waals surface area contributed by atoms with E-state index in [1.807, 2.05) is 0 Å². The highest BCUT2D eigenvalue weighted by Gasteiger charge is 2.32. The first kappa shape index (κ1) is 15.3. The predicted octanol–water partition coefficient (Wildman–Crippen LogP) is 4.31. The molecule has 1 N–H and O–H groups in total. The lowest BCUT2D eigenvalue weighted by molar-refractivity contribution is -0.385. The van der Waals surface area contributed by atoms with Gasteiger partial charge in [-0.2, -0.15) is 0 Å². The minimum atomic E-state index is -0.366. The van der Waals surface area contributed by atoms with Crippen molar-refractivity contribution in [2.75, 3.05) is 0 Å². The van der Waals surface area contributed by atoms with Crippen LogP contribution in [0.3, 0.4) is 0 Å². The second kappa shape index (κ2) is 6.10. The van der Waals surface area contributed by atoms with Crippen LogP contribution in [0.25, 0.3) is 0 Å². The van der Waals surface area contributed by atoms with Crippen molar-refractivity contribution in [2.45, 2.75) is 52.1 Å². The summed E-state index contributed by atoms with van der Waals surface area (Å²) in [6.07, 6.45) is 4.83. The van der Waals surface area contributed by atoms with E-state index in [0.29, 0.717) is 23.2 Å². The molecule has 1 aromatic carbocycles. The van der Waals surface area contributed by atoms with Gasteiger partial charge in [0.1, 0.15) is 0 Å². The molecule has 5 heteroatoms. The van der Waals surface area contributed by atoms with Crippen LogP contribution < -0.4 is 5.32 Å². The van der Waals surface area contributed by atoms with Crippen molar-refractivity contribution in [2.24, 2.45) is 5.41 Å². The summed E-state index contributed by atoms with van der Waals surface area (Å²) in [5.74, 6) is 0. The van der Waals surface area contributed by atoms with Gasteiger partial charge >= 0.3 is 0 Å². The Kier molecular flexibility index (Phi) is 4.66. The molecule has 1 aromatic rings. The van der Waals surface area contributed by atoms with Gasteiger partial charge in [-0.25, -0.2) is 0 Å². The van der Waals surface area contributed by atoms with Crippen LogP contribution in [0, 0.1) is 15.5 Å². The van der Waals surface area contributed by atoms with E-state index in [2.05, 4.69) is 19.2 Å². The molecule has 0 amide bonds. The summed E-state index contributed by atoms with van der Waals surface area (Å²) in [6, 6.07) is 5.28. The summed E-state index contributed by atoms with van der Waals surface area (Å²) < 4.78 is 0. The zero-order chi connectivity index (χ0) is 14.8. The molecular formula is C15H21ClN2O2. The molecule has 1 aliphatic carbocycles. The molecule has 1 fully saturated rings. The predicted molar refractivity (Wildman–Crippen MR) is 81.0 cm³/mol. The average molecular weight is 297 g/mol. The Morgan fingerprint density at radius 1 is 1.45 bits per heavy atom. The summed E-state index contributed by atoms with van der Waals surface area (Å²) in [4.78, 5) is 10.7. The van der Waals surface area contributed by atoms with Gasteiger partial charge in [-0.3, -0.25) is 10.1 Å². The lowest BCUT2D eigenvalue weighted by atomic mass is 9.73. The molecule has 0 radical (unpaired) electrons. The first-order valence-electron chi connectivity index (χ1n) is 7.06. The number of rotatable bonds is 4. The van der Waals surface area contributed by atoms with Crippen LogP contribution in [0.1, 0.15) is 45.1 Å². The highest BCUT2D eigenvalue weighted by atomic mass is 35.5. The summed E-state index contributed by atoms with van der Waals surface area (Å²) >= 11 is 5.83. The van der Waals surface area contributed by atoms with E-state index in [9.17, 15) is 10.1 Å². The van der Waals surface area contributed by atoms with Gasteiger partial charge < -0.3 is 5.32 Å². The van der Waals surface area contributed by atoms with Gasteiger partial charge in [0.2, 0.25) is 0 Å². The van der Waals surface area contributed by atoms with Crippen molar-refractivity contribution in [3.63, 3.8) is 0 Å². The number of hydrogen-bond donors (Lipinski definition) is 1. The second-order valence-electron chi connectivity index (χ2n) is 6.20. The van der Waals surface area contributed by atoms with Crippen molar-refractivity contribution < 1.29 is 4.92 Å². The number of halogens is 1. The number of nitrogens with one attached hydrogen (secondary N) is 1. The van der Waals surface area contributed by atoms with Crippen molar-refractivity contribution in [1.82, 2.24) is 5.32 Å². The van der Waals surface area contributed by atoms with Gasteiger partial charge in [0.05, 0.1) is 4.92 Å². The molecule has 0 bridgehead atoms. The molecule has 2 rings (SSSR count). The highest BCUT2D eigenvalue weighted by molar-refractivity contribution is 6.30. The third kappa shape index (κ3) is 3.49. The number of benzene rings is 1. The molecule has 0 spiro atoms. The summed E-state index contributed by atoms with van der Waals surface area (Å²) in [5.41, 5.74) is 1.04. The zero-order valence-corrected chi connectivity index (χ0v) is 12.7. The Labute approximate surface area is 124 Å². The lowest BCUT2D eigenvalue weighted by Crippen LogP contribution is -2.43. The molecule has 110 valence electrons. The Balaban J connectivity index is 2.09. The standard InChI is InChI=1S/C15H21ClN2O2/c1-15(2)8-4-3-5-14(15)17-10-11-6-7-12(16)9-13(11)18(19)20/h6-7,9,14,17H,3-5,8,10H2,1-2H3. The fourth-order valence-electron chi connectivity index (χ4n) is 2.96. The lowest BCUT2D eigenvalue weighted by Gasteiger charge is -2.39. The minimum Gasteiger partial charge on any atom is -0.309 e. The van der Waals surface area contributed by atoms with Gasteiger partial charge in [0.25, 0.3) is 5.69 Å². The molecule has 1 atom stereocenters. The summed E-state index contributed by atoms with van der Waals surface area (Å²) in [5, 5.41) is 15.0. The van der Waals surface area contributed by atoms with E-state index >= 15 is 0 Å². The number of nitro benzene ring substituents is 1. The average Bonchev–Trinajstić information content (AvgIpc) is 2.38. The fraction of sp³-hybridized carbons (Fsp3) is 0.600. The summed E-state index contributed by atoms with van der Waals surface area (Å²) in [6.45, 7) is 5.04. The fourth-order valence-corrected chi connectivity index (χ4v) is 3.13. The van der Waals surface area contributed by atoms with Gasteiger partial charge in [-0.15, -0.1) is 0 Å². The first-order chi connectivity index (χ1) is 9.40. The molecule has 0 heterocycles. The first-order valence-corrected chi connectivity index (χ1v) is 7.44. The molecular weight excluding hydrogens is 276 g/mol. The van der Waals surface area contributed by atoms with Crippen molar-refractivity contribution >= 4 is 17.3 Å². The van der Waals surface area contributed by atoms with E-state index in [4.69, 9.17) is 11.6 Å². The van der Waals surface area contributed by atoms with Crippen molar-refractivity contribution in [3.8, 4) is 0 Å². The van der Waals surface area contributed by atoms with E-state index in [1.165, 1.54) is 25.3 Å². The van der Waals surface area contributed by atoms with Gasteiger partial charge in [0, 0.05) is 29.2 Å². The van der Waals surface area contributed by atoms with Crippen LogP contribution in [-0.2, 0) is 6.54 Å². The van der Waals surface area contributed by atoms with Crippen LogP contribution in [-0.4, -0.2) is 11.0 Å².